The largest absolute Gasteiger partial charge is 0.353 e. The second-order valence-corrected chi connectivity index (χ2v) is 11.0. The molecule has 0 spiro atoms. The van der Waals surface area contributed by atoms with Crippen LogP contribution < -0.4 is 10.5 Å². The molecule has 0 radical (unpaired) electrons. The average molecular weight is 505 g/mol. The van der Waals surface area contributed by atoms with Gasteiger partial charge in [-0.15, -0.1) is 0 Å². The second kappa shape index (κ2) is 9.59. The Labute approximate surface area is 214 Å². The molecule has 5 rings (SSSR count). The number of fused-ring (bicyclic) bond motifs is 1. The van der Waals surface area contributed by atoms with Crippen molar-refractivity contribution in [2.45, 2.75) is 52.6 Å². The van der Waals surface area contributed by atoms with Crippen molar-refractivity contribution in [3.8, 4) is 0 Å². The van der Waals surface area contributed by atoms with Crippen molar-refractivity contribution < 1.29 is 4.79 Å². The van der Waals surface area contributed by atoms with Gasteiger partial charge in [0.25, 0.3) is 11.5 Å². The molecule has 1 unspecified atom stereocenters. The Morgan fingerprint density at radius 1 is 1.14 bits per heavy atom. The minimum atomic E-state index is -0.174. The fourth-order valence-electron chi connectivity index (χ4n) is 4.70. The normalized spacial score (nSPS) is 19.9. The molecule has 2 aliphatic rings. The van der Waals surface area contributed by atoms with Gasteiger partial charge < -0.3 is 4.90 Å². The molecule has 3 aromatic rings. The molecule has 1 aromatic carbocycles. The monoisotopic (exact) mass is 504 g/mol. The summed E-state index contributed by atoms with van der Waals surface area (Å²) in [6, 6.07) is 12.1. The van der Waals surface area contributed by atoms with E-state index >= 15 is 0 Å². The van der Waals surface area contributed by atoms with Crippen LogP contribution in [0, 0.1) is 13.8 Å². The van der Waals surface area contributed by atoms with Gasteiger partial charge in [-0.25, -0.2) is 4.98 Å². The third-order valence-electron chi connectivity index (χ3n) is 6.75. The van der Waals surface area contributed by atoms with Crippen LogP contribution in [0.3, 0.4) is 0 Å². The highest BCUT2D eigenvalue weighted by atomic mass is 32.2. The summed E-state index contributed by atoms with van der Waals surface area (Å²) in [5.41, 5.74) is 4.03. The maximum atomic E-state index is 13.7. The molecule has 0 N–H and O–H groups in total. The molecule has 0 aliphatic carbocycles. The fraction of sp³-hybridized carbons (Fsp3) is 0.333. The molecule has 2 fully saturated rings. The first-order valence-electron chi connectivity index (χ1n) is 11.9. The molecule has 4 heterocycles. The summed E-state index contributed by atoms with van der Waals surface area (Å²) in [7, 11) is 0. The van der Waals surface area contributed by atoms with Gasteiger partial charge >= 0.3 is 0 Å². The van der Waals surface area contributed by atoms with Gasteiger partial charge in [0.15, 0.2) is 0 Å². The quantitative estimate of drug-likeness (QED) is 0.364. The van der Waals surface area contributed by atoms with Gasteiger partial charge in [0.2, 0.25) is 0 Å². The predicted molar refractivity (Wildman–Crippen MR) is 147 cm³/mol. The lowest BCUT2D eigenvalue weighted by molar-refractivity contribution is -0.122. The maximum Gasteiger partial charge on any atom is 0.267 e. The molecule has 1 atom stereocenters. The van der Waals surface area contributed by atoms with Gasteiger partial charge in [-0.2, -0.15) is 0 Å². The first kappa shape index (κ1) is 23.8. The summed E-state index contributed by atoms with van der Waals surface area (Å²) in [5.74, 6) is 0.479. The molecule has 0 saturated carbocycles. The van der Waals surface area contributed by atoms with Gasteiger partial charge in [0.05, 0.1) is 17.0 Å². The number of hydrogen-bond donors (Lipinski definition) is 0. The van der Waals surface area contributed by atoms with Crippen molar-refractivity contribution in [2.75, 3.05) is 11.4 Å². The van der Waals surface area contributed by atoms with Crippen molar-refractivity contribution in [1.29, 1.82) is 0 Å². The number of carbonyl (C=O) groups is 1. The maximum absolute atomic E-state index is 13.7. The smallest absolute Gasteiger partial charge is 0.267 e. The minimum Gasteiger partial charge on any atom is -0.353 e. The van der Waals surface area contributed by atoms with E-state index in [0.29, 0.717) is 32.8 Å². The van der Waals surface area contributed by atoms with Crippen molar-refractivity contribution in [1.82, 2.24) is 14.3 Å². The van der Waals surface area contributed by atoms with Gasteiger partial charge in [0.1, 0.15) is 15.8 Å². The molecule has 0 bridgehead atoms. The summed E-state index contributed by atoms with van der Waals surface area (Å²) >= 11 is 6.80. The number of aromatic nitrogens is 2. The van der Waals surface area contributed by atoms with Crippen molar-refractivity contribution in [3.63, 3.8) is 0 Å². The molecule has 6 nitrogen and oxygen atoms in total. The lowest BCUT2D eigenvalue weighted by Crippen LogP contribution is -2.40. The Bertz CT molecular complexity index is 1410. The summed E-state index contributed by atoms with van der Waals surface area (Å²) in [6.45, 7) is 7.41. The molecular formula is C27H28N4O2S2. The number of aryl methyl sites for hydroxylation is 2. The molecule has 2 aromatic heterocycles. The minimum absolute atomic E-state index is 0.171. The molecule has 2 aliphatic heterocycles. The number of thiocarbonyl (C=S) groups is 1. The van der Waals surface area contributed by atoms with Crippen LogP contribution in [0.2, 0.25) is 0 Å². The number of nitrogens with zero attached hydrogens (tertiary/aromatic N) is 4. The Hall–Kier alpha value is -2.97. The SMILES string of the molecule is Cc1ccc(CN2C(=O)C(=Cc3c(N4CCCCC4C)nc4c(C)cccn4c3=O)SC2=S)cc1. The fourth-order valence-corrected chi connectivity index (χ4v) is 5.94. The Kier molecular flexibility index (Phi) is 6.51. The van der Waals surface area contributed by atoms with Gasteiger partial charge in [-0.05, 0) is 63.3 Å². The molecule has 1 amide bonds. The number of hydrogen-bond acceptors (Lipinski definition) is 6. The third-order valence-corrected chi connectivity index (χ3v) is 8.13. The predicted octanol–water partition coefficient (Wildman–Crippen LogP) is 5.09. The van der Waals surface area contributed by atoms with Crippen LogP contribution >= 0.6 is 24.0 Å². The van der Waals surface area contributed by atoms with Crippen LogP contribution in [0.15, 0.2) is 52.3 Å². The van der Waals surface area contributed by atoms with Crippen molar-refractivity contribution in [2.24, 2.45) is 0 Å². The Morgan fingerprint density at radius 2 is 1.91 bits per heavy atom. The number of rotatable bonds is 4. The van der Waals surface area contributed by atoms with E-state index in [4.69, 9.17) is 17.2 Å². The van der Waals surface area contributed by atoms with Crippen molar-refractivity contribution >= 4 is 51.7 Å². The van der Waals surface area contributed by atoms with E-state index in [-0.39, 0.29) is 17.5 Å². The van der Waals surface area contributed by atoms with Gasteiger partial charge in [0, 0.05) is 18.8 Å². The molecule has 180 valence electrons. The highest BCUT2D eigenvalue weighted by molar-refractivity contribution is 8.26. The van der Waals surface area contributed by atoms with Crippen LogP contribution in [-0.4, -0.2) is 37.1 Å². The summed E-state index contributed by atoms with van der Waals surface area (Å²) < 4.78 is 2.08. The van der Waals surface area contributed by atoms with Gasteiger partial charge in [-0.1, -0.05) is 59.9 Å². The lowest BCUT2D eigenvalue weighted by atomic mass is 10.0. The van der Waals surface area contributed by atoms with E-state index in [1.807, 2.05) is 50.2 Å². The molecule has 2 saturated heterocycles. The number of amides is 1. The Balaban J connectivity index is 1.59. The second-order valence-electron chi connectivity index (χ2n) is 9.33. The van der Waals surface area contributed by atoms with E-state index in [0.717, 1.165) is 42.5 Å². The van der Waals surface area contributed by atoms with Crippen LogP contribution in [0.5, 0.6) is 0 Å². The molecular weight excluding hydrogens is 476 g/mol. The summed E-state index contributed by atoms with van der Waals surface area (Å²) in [4.78, 5) is 36.3. The number of piperidine rings is 1. The number of thioether (sulfide) groups is 1. The van der Waals surface area contributed by atoms with E-state index in [1.54, 1.807) is 21.6 Å². The number of carbonyl (C=O) groups excluding carboxylic acids is 1. The zero-order valence-electron chi connectivity index (χ0n) is 20.2. The first-order chi connectivity index (χ1) is 16.8. The van der Waals surface area contributed by atoms with Crippen LogP contribution in [0.25, 0.3) is 11.7 Å². The van der Waals surface area contributed by atoms with E-state index in [2.05, 4.69) is 11.8 Å². The van der Waals surface area contributed by atoms with Crippen LogP contribution in [0.4, 0.5) is 5.82 Å². The van der Waals surface area contributed by atoms with E-state index < -0.39 is 0 Å². The van der Waals surface area contributed by atoms with Crippen LogP contribution in [0.1, 0.15) is 48.4 Å². The zero-order chi connectivity index (χ0) is 24.7. The Morgan fingerprint density at radius 3 is 2.66 bits per heavy atom. The van der Waals surface area contributed by atoms with E-state index in [9.17, 15) is 9.59 Å². The average Bonchev–Trinajstić information content (AvgIpc) is 3.10. The standard InChI is InChI=1S/C27H28N4O2S2/c1-17-9-11-20(12-10-17)16-31-26(33)22(35-27(31)34)15-21-24(29-13-5-4-8-19(29)3)28-23-18(2)7-6-14-30(23)25(21)32/h6-7,9-12,14-15,19H,4-5,8,13,16H2,1-3H3. The highest BCUT2D eigenvalue weighted by Gasteiger charge is 2.33. The number of anilines is 1. The van der Waals surface area contributed by atoms with Crippen molar-refractivity contribution in [3.05, 3.63) is 80.1 Å². The number of pyridine rings is 1. The number of benzene rings is 1. The zero-order valence-corrected chi connectivity index (χ0v) is 21.8. The first-order valence-corrected chi connectivity index (χ1v) is 13.2. The van der Waals surface area contributed by atoms with Gasteiger partial charge in [-0.3, -0.25) is 18.9 Å². The summed E-state index contributed by atoms with van der Waals surface area (Å²) in [6.07, 6.45) is 6.71. The highest BCUT2D eigenvalue weighted by Crippen LogP contribution is 2.35. The molecule has 8 heteroatoms. The summed E-state index contributed by atoms with van der Waals surface area (Å²) in [5, 5.41) is 0. The van der Waals surface area contributed by atoms with E-state index in [1.165, 1.54) is 11.8 Å². The topological polar surface area (TPSA) is 57.9 Å². The lowest BCUT2D eigenvalue weighted by Gasteiger charge is -2.35. The van der Waals surface area contributed by atoms with Crippen LogP contribution in [-0.2, 0) is 11.3 Å². The molecule has 35 heavy (non-hydrogen) atoms. The third kappa shape index (κ3) is 4.52.